The number of thiocarbonyl (C=S) groups is 1. The summed E-state index contributed by atoms with van der Waals surface area (Å²) in [5, 5.41) is 8.04. The van der Waals surface area contributed by atoms with Crippen LogP contribution >= 0.6 is 23.8 Å². The summed E-state index contributed by atoms with van der Waals surface area (Å²) in [5.41, 5.74) is 3.00. The van der Waals surface area contributed by atoms with Crippen molar-refractivity contribution in [1.29, 1.82) is 0 Å². The monoisotopic (exact) mass is 456 g/mol. The Morgan fingerprint density at radius 3 is 2.71 bits per heavy atom. The molecule has 0 atom stereocenters. The lowest BCUT2D eigenvalue weighted by Crippen LogP contribution is -2.30. The first-order valence-electron chi connectivity index (χ1n) is 9.36. The van der Waals surface area contributed by atoms with Gasteiger partial charge in [-0.3, -0.25) is 9.69 Å². The van der Waals surface area contributed by atoms with Crippen LogP contribution in [0.15, 0.2) is 54.2 Å². The van der Waals surface area contributed by atoms with Crippen molar-refractivity contribution in [3.63, 3.8) is 0 Å². The molecule has 1 saturated heterocycles. The average Bonchev–Trinajstić information content (AvgIpc) is 3.19. The zero-order valence-electron chi connectivity index (χ0n) is 16.7. The number of benzene rings is 2. The van der Waals surface area contributed by atoms with E-state index in [4.69, 9.17) is 28.6 Å². The number of carbonyl (C=O) groups excluding carboxylic acids is 1. The molecule has 158 valence electrons. The largest absolute Gasteiger partial charge is 0.497 e. The second-order valence-electron chi connectivity index (χ2n) is 6.90. The molecular weight excluding hydrogens is 439 g/mol. The van der Waals surface area contributed by atoms with E-state index in [1.165, 1.54) is 17.0 Å². The van der Waals surface area contributed by atoms with E-state index in [2.05, 4.69) is 10.4 Å². The van der Waals surface area contributed by atoms with Crippen LogP contribution in [0.4, 0.5) is 10.1 Å². The van der Waals surface area contributed by atoms with Crippen molar-refractivity contribution in [2.75, 3.05) is 12.0 Å². The molecule has 1 aliphatic rings. The van der Waals surface area contributed by atoms with Gasteiger partial charge in [-0.05, 0) is 55.0 Å². The molecular formula is C22H18ClFN4O2S. The van der Waals surface area contributed by atoms with Gasteiger partial charge >= 0.3 is 0 Å². The molecule has 0 bridgehead atoms. The quantitative estimate of drug-likeness (QED) is 0.458. The van der Waals surface area contributed by atoms with Crippen LogP contribution in [-0.2, 0) is 11.3 Å². The fourth-order valence-electron chi connectivity index (χ4n) is 3.26. The number of amides is 1. The van der Waals surface area contributed by atoms with Gasteiger partial charge in [0.05, 0.1) is 25.0 Å². The van der Waals surface area contributed by atoms with Crippen LogP contribution in [0.25, 0.3) is 6.08 Å². The third-order valence-electron chi connectivity index (χ3n) is 4.83. The number of carbonyl (C=O) groups is 1. The van der Waals surface area contributed by atoms with Crippen molar-refractivity contribution in [1.82, 2.24) is 15.1 Å². The van der Waals surface area contributed by atoms with Crippen LogP contribution in [0.3, 0.4) is 0 Å². The fraction of sp³-hybridized carbons (Fsp3) is 0.136. The Kier molecular flexibility index (Phi) is 5.75. The van der Waals surface area contributed by atoms with Crippen molar-refractivity contribution in [2.24, 2.45) is 0 Å². The number of hydrogen-bond donors (Lipinski definition) is 1. The lowest BCUT2D eigenvalue weighted by Gasteiger charge is -2.14. The van der Waals surface area contributed by atoms with Crippen molar-refractivity contribution in [2.45, 2.75) is 13.5 Å². The van der Waals surface area contributed by atoms with E-state index < -0.39 is 0 Å². The Balaban J connectivity index is 1.62. The molecule has 0 saturated carbocycles. The first-order chi connectivity index (χ1) is 14.9. The maximum absolute atomic E-state index is 13.1. The number of anilines is 1. The van der Waals surface area contributed by atoms with Crippen LogP contribution in [0.2, 0.25) is 5.15 Å². The normalized spacial score (nSPS) is 15.0. The number of aromatic nitrogens is 2. The number of nitrogens with one attached hydrogen (secondary N) is 1. The summed E-state index contributed by atoms with van der Waals surface area (Å²) in [5.74, 6) is 0.00536. The Labute approximate surface area is 188 Å². The third-order valence-corrected chi connectivity index (χ3v) is 5.52. The molecule has 0 aliphatic carbocycles. The van der Waals surface area contributed by atoms with Crippen LogP contribution in [0, 0.1) is 12.7 Å². The van der Waals surface area contributed by atoms with Crippen LogP contribution in [0.1, 0.15) is 16.8 Å². The van der Waals surface area contributed by atoms with Gasteiger partial charge in [0.2, 0.25) is 0 Å². The van der Waals surface area contributed by atoms with Crippen LogP contribution in [0.5, 0.6) is 5.75 Å². The number of rotatable bonds is 5. The van der Waals surface area contributed by atoms with Gasteiger partial charge in [0, 0.05) is 11.6 Å². The summed E-state index contributed by atoms with van der Waals surface area (Å²) in [6.07, 6.45) is 1.64. The van der Waals surface area contributed by atoms with Gasteiger partial charge in [0.15, 0.2) is 5.11 Å². The molecule has 31 heavy (non-hydrogen) atoms. The minimum atomic E-state index is -0.306. The first kappa shape index (κ1) is 21.0. The maximum Gasteiger partial charge on any atom is 0.281 e. The number of hydrogen-bond acceptors (Lipinski definition) is 4. The van der Waals surface area contributed by atoms with Gasteiger partial charge < -0.3 is 10.1 Å². The van der Waals surface area contributed by atoms with Gasteiger partial charge in [-0.1, -0.05) is 29.8 Å². The molecule has 1 amide bonds. The van der Waals surface area contributed by atoms with Gasteiger partial charge in [-0.2, -0.15) is 5.10 Å². The molecule has 1 aromatic heterocycles. The maximum atomic E-state index is 13.1. The smallest absolute Gasteiger partial charge is 0.281 e. The summed E-state index contributed by atoms with van der Waals surface area (Å²) in [6, 6.07) is 13.2. The molecule has 4 rings (SSSR count). The zero-order chi connectivity index (χ0) is 22.1. The molecule has 2 aromatic carbocycles. The van der Waals surface area contributed by atoms with Gasteiger partial charge in [0.25, 0.3) is 5.91 Å². The Morgan fingerprint density at radius 2 is 2.00 bits per heavy atom. The van der Waals surface area contributed by atoms with Crippen LogP contribution in [-0.4, -0.2) is 27.9 Å². The van der Waals surface area contributed by atoms with E-state index in [0.717, 1.165) is 5.56 Å². The van der Waals surface area contributed by atoms with E-state index in [1.807, 2.05) is 0 Å². The summed E-state index contributed by atoms with van der Waals surface area (Å²) in [7, 11) is 1.56. The summed E-state index contributed by atoms with van der Waals surface area (Å²) >= 11 is 11.9. The lowest BCUT2D eigenvalue weighted by atomic mass is 10.2. The van der Waals surface area contributed by atoms with E-state index in [9.17, 15) is 9.18 Å². The topological polar surface area (TPSA) is 59.4 Å². The molecule has 9 heteroatoms. The van der Waals surface area contributed by atoms with E-state index in [0.29, 0.717) is 40.1 Å². The highest BCUT2D eigenvalue weighted by Gasteiger charge is 2.32. The number of halogens is 2. The van der Waals surface area contributed by atoms with E-state index in [1.54, 1.807) is 61.2 Å². The molecule has 2 heterocycles. The first-order valence-corrected chi connectivity index (χ1v) is 10.1. The molecule has 0 radical (unpaired) electrons. The number of methoxy groups -OCH3 is 1. The summed E-state index contributed by atoms with van der Waals surface area (Å²) in [4.78, 5) is 14.4. The molecule has 3 aromatic rings. The van der Waals surface area contributed by atoms with Gasteiger partial charge in [-0.25, -0.2) is 9.07 Å². The van der Waals surface area contributed by atoms with E-state index in [-0.39, 0.29) is 16.8 Å². The van der Waals surface area contributed by atoms with Crippen molar-refractivity contribution >= 4 is 46.6 Å². The summed E-state index contributed by atoms with van der Waals surface area (Å²) < 4.78 is 20.0. The highest BCUT2D eigenvalue weighted by atomic mass is 35.5. The zero-order valence-corrected chi connectivity index (χ0v) is 18.3. The van der Waals surface area contributed by atoms with Crippen molar-refractivity contribution in [3.8, 4) is 5.75 Å². The average molecular weight is 457 g/mol. The van der Waals surface area contributed by atoms with Gasteiger partial charge in [-0.15, -0.1) is 0 Å². The minimum Gasteiger partial charge on any atom is -0.497 e. The highest BCUT2D eigenvalue weighted by molar-refractivity contribution is 7.80. The predicted molar refractivity (Wildman–Crippen MR) is 122 cm³/mol. The molecule has 1 fully saturated rings. The highest BCUT2D eigenvalue weighted by Crippen LogP contribution is 2.28. The van der Waals surface area contributed by atoms with E-state index >= 15 is 0 Å². The molecule has 6 nitrogen and oxygen atoms in total. The van der Waals surface area contributed by atoms with Gasteiger partial charge in [0.1, 0.15) is 22.4 Å². The van der Waals surface area contributed by atoms with Crippen molar-refractivity contribution in [3.05, 3.63) is 82.0 Å². The Bertz CT molecular complexity index is 1210. The SMILES string of the molecule is COc1cccc(N2C(=O)/C(=C/c3c(C)nn(Cc4ccc(F)cc4)c3Cl)NC2=S)c1. The van der Waals surface area contributed by atoms with Crippen LogP contribution < -0.4 is 15.0 Å². The third kappa shape index (κ3) is 4.17. The molecule has 0 spiro atoms. The fourth-order valence-corrected chi connectivity index (χ4v) is 3.85. The predicted octanol–water partition coefficient (Wildman–Crippen LogP) is 4.30. The number of nitrogens with zero attached hydrogens (tertiary/aromatic N) is 3. The lowest BCUT2D eigenvalue weighted by molar-refractivity contribution is -0.113. The molecule has 0 unspecified atom stereocenters. The standard InChI is InChI=1S/C22H18ClFN4O2S/c1-13-18(20(23)27(26-13)12-14-6-8-15(24)9-7-14)11-19-21(29)28(22(31)25-19)16-4-3-5-17(10-16)30-2/h3-11H,12H2,1-2H3,(H,25,31)/b19-11-. The molecule has 1 aliphatic heterocycles. The minimum absolute atomic E-state index is 0.261. The molecule has 1 N–H and O–H groups in total. The van der Waals surface area contributed by atoms with Crippen molar-refractivity contribution < 1.29 is 13.9 Å². The Hall–Kier alpha value is -3.23. The second-order valence-corrected chi connectivity index (χ2v) is 7.65. The number of ether oxygens (including phenoxy) is 1. The number of aryl methyl sites for hydroxylation is 1. The second kappa shape index (κ2) is 8.49. The Morgan fingerprint density at radius 1 is 1.26 bits per heavy atom. The summed E-state index contributed by atoms with van der Waals surface area (Å²) in [6.45, 7) is 2.18.